The summed E-state index contributed by atoms with van der Waals surface area (Å²) in [5, 5.41) is 54.1. The molecular formula is C63H126N2O7S2. The number of nitrogens with zero attached hydrogens (tertiary/aromatic N) is 2. The molecule has 4 unspecified atom stereocenters. The maximum Gasteiger partial charge on any atom is 0.226 e. The van der Waals surface area contributed by atoms with Crippen molar-refractivity contribution in [3.05, 3.63) is 0 Å². The highest BCUT2D eigenvalue weighted by molar-refractivity contribution is 8.16. The molecule has 0 saturated heterocycles. The zero-order valence-corrected chi connectivity index (χ0v) is 51.1. The fourth-order valence-corrected chi connectivity index (χ4v) is 12.1. The van der Waals surface area contributed by atoms with E-state index in [1.807, 2.05) is 0 Å². The number of unbranched alkanes of at least 4 members (excludes halogenated alkanes) is 36. The van der Waals surface area contributed by atoms with E-state index in [4.69, 9.17) is 0 Å². The first kappa shape index (κ1) is 73.8. The molecule has 0 heterocycles. The quantitative estimate of drug-likeness (QED) is 0.0294. The van der Waals surface area contributed by atoms with Gasteiger partial charge in [-0.05, 0) is 25.7 Å². The van der Waals surface area contributed by atoms with Crippen LogP contribution >= 0.6 is 23.5 Å². The van der Waals surface area contributed by atoms with Crippen molar-refractivity contribution in [2.45, 2.75) is 341 Å². The van der Waals surface area contributed by atoms with Gasteiger partial charge in [0, 0.05) is 50.8 Å². The van der Waals surface area contributed by atoms with E-state index in [1.165, 1.54) is 205 Å². The lowest BCUT2D eigenvalue weighted by molar-refractivity contribution is -0.128. The second-order valence-electron chi connectivity index (χ2n) is 22.8. The Morgan fingerprint density at radius 1 is 0.297 bits per heavy atom. The summed E-state index contributed by atoms with van der Waals surface area (Å²) in [5.41, 5.74) is 0. The van der Waals surface area contributed by atoms with Crippen LogP contribution in [0, 0.1) is 0 Å². The largest absolute Gasteiger partial charge is 0.392 e. The molecule has 0 aromatic rings. The first-order chi connectivity index (χ1) is 36.1. The number of hydrogen-bond acceptors (Lipinski definition) is 11. The number of rotatable bonds is 60. The van der Waals surface area contributed by atoms with Crippen molar-refractivity contribution in [2.24, 2.45) is 0 Å². The molecule has 5 N–H and O–H groups in total. The third-order valence-electron chi connectivity index (χ3n) is 15.2. The van der Waals surface area contributed by atoms with Crippen LogP contribution in [0.4, 0.5) is 0 Å². The lowest BCUT2D eigenvalue weighted by Gasteiger charge is -2.27. The smallest absolute Gasteiger partial charge is 0.226 e. The Labute approximate surface area is 467 Å². The van der Waals surface area contributed by atoms with Crippen LogP contribution in [-0.2, 0) is 9.59 Å². The van der Waals surface area contributed by atoms with Crippen LogP contribution in [0.1, 0.15) is 310 Å². The molecule has 0 radical (unpaired) electrons. The third kappa shape index (κ3) is 51.2. The van der Waals surface area contributed by atoms with E-state index >= 15 is 0 Å². The molecule has 0 rings (SSSR count). The van der Waals surface area contributed by atoms with Gasteiger partial charge in [0.2, 0.25) is 10.2 Å². The molecule has 11 heteroatoms. The Hall–Kier alpha value is -0.240. The molecule has 442 valence electrons. The van der Waals surface area contributed by atoms with Crippen molar-refractivity contribution < 1.29 is 35.1 Å². The van der Waals surface area contributed by atoms with E-state index in [1.54, 1.807) is 0 Å². The molecular weight excluding hydrogens is 961 g/mol. The highest BCUT2D eigenvalue weighted by Gasteiger charge is 2.26. The van der Waals surface area contributed by atoms with Crippen molar-refractivity contribution in [3.8, 4) is 0 Å². The normalized spacial score (nSPS) is 14.0. The van der Waals surface area contributed by atoms with E-state index in [9.17, 15) is 35.1 Å². The summed E-state index contributed by atoms with van der Waals surface area (Å²) in [6.45, 7) is 11.7. The lowest BCUT2D eigenvalue weighted by atomic mass is 10.0. The summed E-state index contributed by atoms with van der Waals surface area (Å²) in [4.78, 5) is 30.5. The van der Waals surface area contributed by atoms with Crippen LogP contribution in [0.25, 0.3) is 0 Å². The molecule has 0 bridgehead atoms. The number of thioether (sulfide) groups is 2. The maximum atomic E-state index is 13.2. The topological polar surface area (TPSA) is 142 Å². The molecule has 0 amide bonds. The minimum absolute atomic E-state index is 0.353. The average molecular weight is 1090 g/mol. The van der Waals surface area contributed by atoms with Gasteiger partial charge in [0.05, 0.1) is 24.4 Å². The summed E-state index contributed by atoms with van der Waals surface area (Å²) in [6.07, 6.45) is 48.8. The van der Waals surface area contributed by atoms with Crippen LogP contribution in [-0.4, -0.2) is 127 Å². The Morgan fingerprint density at radius 3 is 0.662 bits per heavy atom. The van der Waals surface area contributed by atoms with Gasteiger partial charge < -0.3 is 25.5 Å². The number of carbonyl (C=O) groups excluding carboxylic acids is 2. The lowest BCUT2D eigenvalue weighted by Crippen LogP contribution is -2.40. The van der Waals surface area contributed by atoms with E-state index < -0.39 is 40.8 Å². The second kappa shape index (κ2) is 57.4. The maximum absolute atomic E-state index is 13.2. The monoisotopic (exact) mass is 1090 g/mol. The SMILES string of the molecule is CCCCCCCCCCCCC(O)CN(CCSC(=O)C(O)C(=O)SCCN(CC(O)CCCCCCCCCCCC)CC(O)CCCCCCCCCCCC)CC(O)CCCCCCCCCCCC. The van der Waals surface area contributed by atoms with Gasteiger partial charge in [-0.2, -0.15) is 0 Å². The van der Waals surface area contributed by atoms with Crippen molar-refractivity contribution in [3.63, 3.8) is 0 Å². The van der Waals surface area contributed by atoms with Crippen LogP contribution in [0.2, 0.25) is 0 Å². The first-order valence-corrected chi connectivity index (χ1v) is 34.2. The zero-order chi connectivity index (χ0) is 54.4. The summed E-state index contributed by atoms with van der Waals surface area (Å²) >= 11 is 1.90. The van der Waals surface area contributed by atoms with Crippen LogP contribution in [0.5, 0.6) is 0 Å². The standard InChI is InChI=1S/C63H126N2O7S2/c1-5-9-13-17-21-25-29-33-37-41-45-57(66)53-64(54-58(67)46-42-38-34-30-26-22-18-14-10-6-2)49-51-73-62(71)61(70)63(72)74-52-50-65(55-59(68)47-43-39-35-31-27-23-19-15-11-7-3)56-60(69)48-44-40-36-32-28-24-20-16-12-8-4/h57-61,66-70H,5-56H2,1-4H3. The van der Waals surface area contributed by atoms with E-state index in [-0.39, 0.29) is 0 Å². The Morgan fingerprint density at radius 2 is 0.473 bits per heavy atom. The van der Waals surface area contributed by atoms with Gasteiger partial charge in [-0.15, -0.1) is 0 Å². The molecule has 0 aliphatic carbocycles. The number of aliphatic hydroxyl groups excluding tert-OH is 5. The number of hydrogen-bond donors (Lipinski definition) is 5. The molecule has 0 aliphatic heterocycles. The van der Waals surface area contributed by atoms with E-state index in [2.05, 4.69) is 37.5 Å². The minimum atomic E-state index is -1.74. The summed E-state index contributed by atoms with van der Waals surface area (Å²) in [7, 11) is 0. The second-order valence-corrected chi connectivity index (χ2v) is 25.0. The fourth-order valence-electron chi connectivity index (χ4n) is 10.3. The Balaban J connectivity index is 5.14. The number of aliphatic hydroxyl groups is 5. The van der Waals surface area contributed by atoms with Crippen LogP contribution in [0.15, 0.2) is 0 Å². The Bertz CT molecular complexity index is 1020. The van der Waals surface area contributed by atoms with Gasteiger partial charge in [-0.1, -0.05) is 308 Å². The third-order valence-corrected chi connectivity index (χ3v) is 17.0. The number of carbonyl (C=O) groups is 2. The predicted octanol–water partition coefficient (Wildman–Crippen LogP) is 16.2. The first-order valence-electron chi connectivity index (χ1n) is 32.3. The highest BCUT2D eigenvalue weighted by Crippen LogP contribution is 2.20. The highest BCUT2D eigenvalue weighted by atomic mass is 32.2. The van der Waals surface area contributed by atoms with Crippen molar-refractivity contribution in [2.75, 3.05) is 50.8 Å². The van der Waals surface area contributed by atoms with Gasteiger partial charge in [0.1, 0.15) is 0 Å². The van der Waals surface area contributed by atoms with E-state index in [0.717, 1.165) is 74.9 Å². The van der Waals surface area contributed by atoms with Gasteiger partial charge in [0.15, 0.2) is 6.10 Å². The summed E-state index contributed by atoms with van der Waals surface area (Å²) in [5.74, 6) is 0.705. The predicted molar refractivity (Wildman–Crippen MR) is 324 cm³/mol. The molecule has 0 saturated carbocycles. The van der Waals surface area contributed by atoms with E-state index in [0.29, 0.717) is 76.5 Å². The molecule has 0 aliphatic rings. The van der Waals surface area contributed by atoms with Crippen LogP contribution in [0.3, 0.4) is 0 Å². The van der Waals surface area contributed by atoms with Gasteiger partial charge >= 0.3 is 0 Å². The van der Waals surface area contributed by atoms with Crippen molar-refractivity contribution in [1.29, 1.82) is 0 Å². The van der Waals surface area contributed by atoms with Crippen LogP contribution < -0.4 is 0 Å². The zero-order valence-electron chi connectivity index (χ0n) is 49.4. The molecule has 0 aromatic carbocycles. The van der Waals surface area contributed by atoms with Crippen molar-refractivity contribution >= 4 is 33.8 Å². The summed E-state index contributed by atoms with van der Waals surface area (Å²) < 4.78 is 0. The molecule has 0 fully saturated rings. The van der Waals surface area contributed by atoms with Gasteiger partial charge in [-0.3, -0.25) is 19.4 Å². The van der Waals surface area contributed by atoms with Gasteiger partial charge in [-0.25, -0.2) is 0 Å². The molecule has 4 atom stereocenters. The summed E-state index contributed by atoms with van der Waals surface area (Å²) in [6, 6.07) is 0. The molecule has 9 nitrogen and oxygen atoms in total. The van der Waals surface area contributed by atoms with Crippen molar-refractivity contribution in [1.82, 2.24) is 9.80 Å². The fraction of sp³-hybridized carbons (Fsp3) is 0.968. The molecule has 74 heavy (non-hydrogen) atoms. The molecule has 0 spiro atoms. The minimum Gasteiger partial charge on any atom is -0.392 e. The average Bonchev–Trinajstić information content (AvgIpc) is 3.38. The molecule has 0 aromatic heterocycles. The Kier molecular flexibility index (Phi) is 57.3. The van der Waals surface area contributed by atoms with Gasteiger partial charge in [0.25, 0.3) is 0 Å².